The fourth-order valence-electron chi connectivity index (χ4n) is 2.91. The van der Waals surface area contributed by atoms with Crippen LogP contribution in [-0.4, -0.2) is 36.4 Å². The highest BCUT2D eigenvalue weighted by molar-refractivity contribution is 6.01. The topological polar surface area (TPSA) is 74.2 Å². The van der Waals surface area contributed by atoms with Gasteiger partial charge in [-0.3, -0.25) is 4.79 Å². The summed E-state index contributed by atoms with van der Waals surface area (Å²) < 4.78 is 21.9. The van der Waals surface area contributed by atoms with Crippen LogP contribution in [-0.2, 0) is 23.7 Å². The molecule has 1 aromatic carbocycles. The minimum absolute atomic E-state index is 0.00256. The van der Waals surface area contributed by atoms with E-state index in [4.69, 9.17) is 18.9 Å². The molecule has 0 aromatic heterocycles. The maximum Gasteiger partial charge on any atom is 0.264 e. The molecule has 3 aliphatic rings. The molecule has 1 spiro atoms. The number of allylic oxidation sites excluding steroid dienone is 2. The predicted molar refractivity (Wildman–Crippen MR) is 73.2 cm³/mol. The second-order valence-corrected chi connectivity index (χ2v) is 5.21. The summed E-state index contributed by atoms with van der Waals surface area (Å²) in [4.78, 5) is 12.6. The molecule has 2 heterocycles. The molecular formula is C16H14O6. The van der Waals surface area contributed by atoms with Crippen LogP contribution >= 0.6 is 0 Å². The van der Waals surface area contributed by atoms with Crippen molar-refractivity contribution >= 4 is 5.78 Å². The van der Waals surface area contributed by atoms with Crippen LogP contribution in [0.3, 0.4) is 0 Å². The van der Waals surface area contributed by atoms with E-state index in [0.717, 1.165) is 0 Å². The van der Waals surface area contributed by atoms with Crippen molar-refractivity contribution in [1.82, 2.24) is 0 Å². The molecule has 114 valence electrons. The summed E-state index contributed by atoms with van der Waals surface area (Å²) >= 11 is 0. The second-order valence-electron chi connectivity index (χ2n) is 5.21. The van der Waals surface area contributed by atoms with Crippen LogP contribution in [0.15, 0.2) is 53.8 Å². The fraction of sp³-hybridized carbons (Fsp3) is 0.312. The van der Waals surface area contributed by atoms with Gasteiger partial charge in [0.25, 0.3) is 5.79 Å². The molecule has 1 N–H and O–H groups in total. The molecule has 2 saturated heterocycles. The number of ketones is 1. The Kier molecular flexibility index (Phi) is 3.12. The standard InChI is InChI=1S/C16H14O6/c17-13(10-4-2-1-3-5-10)14(18)11-6-7-12-16(21-8-19-12)15(11)20-9-22-16/h1-7,13,15,17H,8-9H2. The van der Waals surface area contributed by atoms with Crippen LogP contribution in [0.1, 0.15) is 11.7 Å². The van der Waals surface area contributed by atoms with Crippen molar-refractivity contribution in [2.75, 3.05) is 13.6 Å². The van der Waals surface area contributed by atoms with E-state index >= 15 is 0 Å². The van der Waals surface area contributed by atoms with Crippen molar-refractivity contribution in [3.63, 3.8) is 0 Å². The normalized spacial score (nSPS) is 30.7. The number of rotatable bonds is 3. The van der Waals surface area contributed by atoms with E-state index in [1.807, 2.05) is 6.07 Å². The summed E-state index contributed by atoms with van der Waals surface area (Å²) in [7, 11) is 0. The highest BCUT2D eigenvalue weighted by atomic mass is 16.9. The van der Waals surface area contributed by atoms with Crippen LogP contribution in [0, 0.1) is 0 Å². The van der Waals surface area contributed by atoms with Crippen LogP contribution in [0.5, 0.6) is 0 Å². The SMILES string of the molecule is O=C(C1=CC=C2OCOC23OCOC13)C(O)c1ccccc1. The Morgan fingerprint density at radius 2 is 1.95 bits per heavy atom. The first-order valence-corrected chi connectivity index (χ1v) is 6.94. The molecule has 0 radical (unpaired) electrons. The number of hydrogen-bond acceptors (Lipinski definition) is 6. The first-order valence-electron chi connectivity index (χ1n) is 6.94. The van der Waals surface area contributed by atoms with Gasteiger partial charge in [-0.15, -0.1) is 0 Å². The molecule has 0 bridgehead atoms. The predicted octanol–water partition coefficient (Wildman–Crippen LogP) is 1.19. The van der Waals surface area contributed by atoms with Gasteiger partial charge in [-0.1, -0.05) is 30.3 Å². The summed E-state index contributed by atoms with van der Waals surface area (Å²) in [6.07, 6.45) is 1.23. The van der Waals surface area contributed by atoms with Crippen molar-refractivity contribution in [2.24, 2.45) is 0 Å². The Hall–Kier alpha value is -1.99. The lowest BCUT2D eigenvalue weighted by molar-refractivity contribution is -0.165. The van der Waals surface area contributed by atoms with Gasteiger partial charge < -0.3 is 24.1 Å². The Labute approximate surface area is 126 Å². The van der Waals surface area contributed by atoms with Crippen molar-refractivity contribution in [2.45, 2.75) is 18.0 Å². The van der Waals surface area contributed by atoms with Gasteiger partial charge >= 0.3 is 0 Å². The zero-order valence-electron chi connectivity index (χ0n) is 11.6. The smallest absolute Gasteiger partial charge is 0.264 e. The van der Waals surface area contributed by atoms with Gasteiger partial charge in [0.2, 0.25) is 0 Å². The third kappa shape index (κ3) is 1.85. The maximum absolute atomic E-state index is 12.6. The molecule has 6 heteroatoms. The molecule has 0 amide bonds. The number of ether oxygens (including phenoxy) is 4. The van der Waals surface area contributed by atoms with Crippen LogP contribution in [0.25, 0.3) is 0 Å². The largest absolute Gasteiger partial charge is 0.466 e. The zero-order valence-corrected chi connectivity index (χ0v) is 11.6. The number of carbonyl (C=O) groups excluding carboxylic acids is 1. The number of aliphatic hydroxyl groups excluding tert-OH is 1. The quantitative estimate of drug-likeness (QED) is 0.904. The van der Waals surface area contributed by atoms with Gasteiger partial charge in [0.05, 0.1) is 0 Å². The van der Waals surface area contributed by atoms with Crippen molar-refractivity contribution in [3.05, 3.63) is 59.4 Å². The molecule has 6 nitrogen and oxygen atoms in total. The number of benzene rings is 1. The van der Waals surface area contributed by atoms with E-state index in [9.17, 15) is 9.90 Å². The van der Waals surface area contributed by atoms with Gasteiger partial charge in [-0.05, 0) is 17.7 Å². The number of hydrogen-bond donors (Lipinski definition) is 1. The lowest BCUT2D eigenvalue weighted by atomic mass is 9.88. The number of Topliss-reactive ketones (excluding diaryl/α,β-unsaturated/α-hetero) is 1. The number of aliphatic hydroxyl groups is 1. The van der Waals surface area contributed by atoms with E-state index in [0.29, 0.717) is 16.9 Å². The Balaban J connectivity index is 1.67. The minimum Gasteiger partial charge on any atom is -0.466 e. The molecule has 0 saturated carbocycles. The summed E-state index contributed by atoms with van der Waals surface area (Å²) in [6, 6.07) is 8.75. The molecule has 3 unspecified atom stereocenters. The third-order valence-electron chi connectivity index (χ3n) is 4.03. The van der Waals surface area contributed by atoms with E-state index in [1.54, 1.807) is 36.4 Å². The van der Waals surface area contributed by atoms with E-state index in [-0.39, 0.29) is 13.6 Å². The average Bonchev–Trinajstić information content (AvgIpc) is 3.17. The molecular weight excluding hydrogens is 288 g/mol. The van der Waals surface area contributed by atoms with Crippen LogP contribution in [0.4, 0.5) is 0 Å². The summed E-state index contributed by atoms with van der Waals surface area (Å²) in [5.41, 5.74) is 0.836. The zero-order chi connectivity index (χ0) is 15.2. The van der Waals surface area contributed by atoms with Crippen molar-refractivity contribution in [3.8, 4) is 0 Å². The first kappa shape index (κ1) is 13.7. The Morgan fingerprint density at radius 3 is 2.77 bits per heavy atom. The van der Waals surface area contributed by atoms with Gasteiger partial charge in [0.15, 0.2) is 31.2 Å². The van der Waals surface area contributed by atoms with Crippen molar-refractivity contribution in [1.29, 1.82) is 0 Å². The van der Waals surface area contributed by atoms with E-state index in [2.05, 4.69) is 0 Å². The van der Waals surface area contributed by atoms with Gasteiger partial charge in [-0.2, -0.15) is 0 Å². The van der Waals surface area contributed by atoms with Crippen molar-refractivity contribution < 1.29 is 28.8 Å². The molecule has 1 aliphatic carbocycles. The molecule has 2 aliphatic heterocycles. The van der Waals surface area contributed by atoms with Gasteiger partial charge in [-0.25, -0.2) is 0 Å². The molecule has 4 rings (SSSR count). The summed E-state index contributed by atoms with van der Waals surface area (Å²) in [6.45, 7) is 0.0413. The Morgan fingerprint density at radius 1 is 1.18 bits per heavy atom. The lowest BCUT2D eigenvalue weighted by Crippen LogP contribution is -2.45. The average molecular weight is 302 g/mol. The Bertz CT molecular complexity index is 660. The third-order valence-corrected chi connectivity index (χ3v) is 4.03. The minimum atomic E-state index is -1.26. The molecule has 3 atom stereocenters. The van der Waals surface area contributed by atoms with Crippen LogP contribution in [0.2, 0.25) is 0 Å². The molecule has 22 heavy (non-hydrogen) atoms. The van der Waals surface area contributed by atoms with Gasteiger partial charge in [0, 0.05) is 5.57 Å². The van der Waals surface area contributed by atoms with E-state index in [1.165, 1.54) is 0 Å². The summed E-state index contributed by atoms with van der Waals surface area (Å²) in [5.74, 6) is -1.15. The number of carbonyl (C=O) groups is 1. The first-order chi connectivity index (χ1) is 10.7. The maximum atomic E-state index is 12.6. The highest BCUT2D eigenvalue weighted by Gasteiger charge is 2.59. The monoisotopic (exact) mass is 302 g/mol. The second kappa shape index (κ2) is 5.03. The fourth-order valence-corrected chi connectivity index (χ4v) is 2.91. The lowest BCUT2D eigenvalue weighted by Gasteiger charge is -2.30. The summed E-state index contributed by atoms with van der Waals surface area (Å²) in [5, 5.41) is 10.3. The molecule has 1 aromatic rings. The van der Waals surface area contributed by atoms with Crippen LogP contribution < -0.4 is 0 Å². The highest BCUT2D eigenvalue weighted by Crippen LogP contribution is 2.45. The van der Waals surface area contributed by atoms with Gasteiger partial charge in [0.1, 0.15) is 6.10 Å². The molecule has 2 fully saturated rings. The van der Waals surface area contributed by atoms with E-state index < -0.39 is 23.8 Å².